The number of benzene rings is 1. The highest BCUT2D eigenvalue weighted by atomic mass is 32.2. The zero-order valence-corrected chi connectivity index (χ0v) is 15.1. The fraction of sp³-hybridized carbons (Fsp3) is 0.556. The summed E-state index contributed by atoms with van der Waals surface area (Å²) in [5, 5.41) is 2.61. The largest absolute Gasteiger partial charge is 0.341 e. The van der Waals surface area contributed by atoms with Crippen LogP contribution in [-0.4, -0.2) is 65.8 Å². The minimum absolute atomic E-state index is 0.0295. The zero-order chi connectivity index (χ0) is 17.6. The first-order chi connectivity index (χ1) is 12.1. The van der Waals surface area contributed by atoms with Crippen molar-refractivity contribution in [3.05, 3.63) is 30.1 Å². The van der Waals surface area contributed by atoms with Crippen molar-refractivity contribution >= 4 is 29.3 Å². The Kier molecular flexibility index (Phi) is 6.31. The van der Waals surface area contributed by atoms with E-state index in [2.05, 4.69) is 5.32 Å². The molecule has 2 aliphatic heterocycles. The van der Waals surface area contributed by atoms with Gasteiger partial charge in [0.1, 0.15) is 5.82 Å². The molecule has 2 aliphatic rings. The van der Waals surface area contributed by atoms with Gasteiger partial charge in [-0.3, -0.25) is 14.5 Å². The van der Waals surface area contributed by atoms with E-state index in [1.165, 1.54) is 6.07 Å². The van der Waals surface area contributed by atoms with Gasteiger partial charge in [-0.15, -0.1) is 0 Å². The number of hydrogen-bond acceptors (Lipinski definition) is 4. The van der Waals surface area contributed by atoms with Crippen molar-refractivity contribution in [2.24, 2.45) is 5.92 Å². The number of anilines is 1. The average Bonchev–Trinajstić information content (AvgIpc) is 2.64. The Morgan fingerprint density at radius 1 is 1.20 bits per heavy atom. The van der Waals surface area contributed by atoms with E-state index in [-0.39, 0.29) is 30.0 Å². The van der Waals surface area contributed by atoms with Crippen molar-refractivity contribution < 1.29 is 14.0 Å². The molecule has 3 rings (SSSR count). The van der Waals surface area contributed by atoms with Crippen LogP contribution in [0.4, 0.5) is 10.1 Å². The van der Waals surface area contributed by atoms with E-state index < -0.39 is 5.82 Å². The van der Waals surface area contributed by atoms with E-state index >= 15 is 0 Å². The SMILES string of the molecule is O=C(CN1CCCC(C(=O)N2CCSCC2)C1)Nc1ccccc1F. The van der Waals surface area contributed by atoms with Gasteiger partial charge < -0.3 is 10.2 Å². The molecule has 0 spiro atoms. The Bertz CT molecular complexity index is 622. The number of nitrogens with one attached hydrogen (secondary N) is 1. The number of carbonyl (C=O) groups excluding carboxylic acids is 2. The monoisotopic (exact) mass is 365 g/mol. The van der Waals surface area contributed by atoms with Gasteiger partial charge in [-0.25, -0.2) is 4.39 Å². The molecule has 2 saturated heterocycles. The molecule has 1 aromatic rings. The molecule has 0 saturated carbocycles. The summed E-state index contributed by atoms with van der Waals surface area (Å²) in [6, 6.07) is 6.14. The average molecular weight is 365 g/mol. The Labute approximate surface area is 151 Å². The molecule has 0 radical (unpaired) electrons. The molecule has 2 heterocycles. The number of hydrogen-bond donors (Lipinski definition) is 1. The number of thioether (sulfide) groups is 1. The molecule has 2 amide bonds. The summed E-state index contributed by atoms with van der Waals surface area (Å²) < 4.78 is 13.6. The fourth-order valence-corrected chi connectivity index (χ4v) is 4.30. The van der Waals surface area contributed by atoms with E-state index in [0.717, 1.165) is 44.0 Å². The number of amides is 2. The van der Waals surface area contributed by atoms with E-state index in [4.69, 9.17) is 0 Å². The lowest BCUT2D eigenvalue weighted by molar-refractivity contribution is -0.137. The molecular weight excluding hydrogens is 341 g/mol. The van der Waals surface area contributed by atoms with E-state index in [1.807, 2.05) is 21.6 Å². The number of piperidine rings is 1. The van der Waals surface area contributed by atoms with Crippen LogP contribution >= 0.6 is 11.8 Å². The number of nitrogens with zero attached hydrogens (tertiary/aromatic N) is 2. The molecular formula is C18H24FN3O2S. The van der Waals surface area contributed by atoms with Crippen LogP contribution in [0.25, 0.3) is 0 Å². The highest BCUT2D eigenvalue weighted by molar-refractivity contribution is 7.99. The number of halogens is 1. The standard InChI is InChI=1S/C18H24FN3O2S/c19-15-5-1-2-6-16(15)20-17(23)13-21-7-3-4-14(12-21)18(24)22-8-10-25-11-9-22/h1-2,5-6,14H,3-4,7-13H2,(H,20,23). The first-order valence-electron chi connectivity index (χ1n) is 8.77. The number of carbonyl (C=O) groups is 2. The van der Waals surface area contributed by atoms with Crippen LogP contribution in [0.3, 0.4) is 0 Å². The third-order valence-corrected chi connectivity index (χ3v) is 5.64. The Morgan fingerprint density at radius 2 is 1.96 bits per heavy atom. The lowest BCUT2D eigenvalue weighted by atomic mass is 9.96. The van der Waals surface area contributed by atoms with Crippen LogP contribution in [0.1, 0.15) is 12.8 Å². The number of para-hydroxylation sites is 1. The van der Waals surface area contributed by atoms with Gasteiger partial charge in [-0.2, -0.15) is 11.8 Å². The Hall–Kier alpha value is -1.60. The smallest absolute Gasteiger partial charge is 0.238 e. The van der Waals surface area contributed by atoms with Crippen LogP contribution in [0, 0.1) is 11.7 Å². The predicted molar refractivity (Wildman–Crippen MR) is 98.1 cm³/mol. The summed E-state index contributed by atoms with van der Waals surface area (Å²) in [4.78, 5) is 28.8. The minimum Gasteiger partial charge on any atom is -0.341 e. The highest BCUT2D eigenvalue weighted by Crippen LogP contribution is 2.21. The third-order valence-electron chi connectivity index (χ3n) is 4.69. The second-order valence-corrected chi connectivity index (χ2v) is 7.76. The van der Waals surface area contributed by atoms with Crippen LogP contribution in [0.2, 0.25) is 0 Å². The maximum Gasteiger partial charge on any atom is 0.238 e. The summed E-state index contributed by atoms with van der Waals surface area (Å²) >= 11 is 1.89. The fourth-order valence-electron chi connectivity index (χ4n) is 3.40. The van der Waals surface area contributed by atoms with Crippen LogP contribution < -0.4 is 5.32 Å². The molecule has 25 heavy (non-hydrogen) atoms. The van der Waals surface area contributed by atoms with Gasteiger partial charge in [0.2, 0.25) is 11.8 Å². The van der Waals surface area contributed by atoms with Gasteiger partial charge in [0, 0.05) is 31.1 Å². The molecule has 1 aromatic carbocycles. The van der Waals surface area contributed by atoms with Crippen molar-refractivity contribution in [2.45, 2.75) is 12.8 Å². The molecule has 136 valence electrons. The van der Waals surface area contributed by atoms with E-state index in [9.17, 15) is 14.0 Å². The van der Waals surface area contributed by atoms with Gasteiger partial charge in [0.05, 0.1) is 18.2 Å². The molecule has 1 N–H and O–H groups in total. The zero-order valence-electron chi connectivity index (χ0n) is 14.2. The van der Waals surface area contributed by atoms with Gasteiger partial charge >= 0.3 is 0 Å². The van der Waals surface area contributed by atoms with Crippen LogP contribution in [-0.2, 0) is 9.59 Å². The summed E-state index contributed by atoms with van der Waals surface area (Å²) in [5.41, 5.74) is 0.197. The maximum absolute atomic E-state index is 13.6. The van der Waals surface area contributed by atoms with Crippen molar-refractivity contribution in [2.75, 3.05) is 49.5 Å². The van der Waals surface area contributed by atoms with Crippen LogP contribution in [0.15, 0.2) is 24.3 Å². The van der Waals surface area contributed by atoms with Gasteiger partial charge in [-0.1, -0.05) is 12.1 Å². The van der Waals surface area contributed by atoms with Crippen molar-refractivity contribution in [1.82, 2.24) is 9.80 Å². The molecule has 0 aliphatic carbocycles. The van der Waals surface area contributed by atoms with Crippen molar-refractivity contribution in [3.63, 3.8) is 0 Å². The van der Waals surface area contributed by atoms with Gasteiger partial charge in [0.25, 0.3) is 0 Å². The molecule has 2 fully saturated rings. The van der Waals surface area contributed by atoms with Crippen LogP contribution in [0.5, 0.6) is 0 Å². The van der Waals surface area contributed by atoms with E-state index in [0.29, 0.717) is 6.54 Å². The van der Waals surface area contributed by atoms with Gasteiger partial charge in [-0.05, 0) is 31.5 Å². The summed E-state index contributed by atoms with van der Waals surface area (Å²) in [6.45, 7) is 3.24. The molecule has 5 nitrogen and oxygen atoms in total. The first kappa shape index (κ1) is 18.2. The lowest BCUT2D eigenvalue weighted by Crippen LogP contribution is -2.48. The summed E-state index contributed by atoms with van der Waals surface area (Å²) in [5.74, 6) is 1.52. The quantitative estimate of drug-likeness (QED) is 0.887. The lowest BCUT2D eigenvalue weighted by Gasteiger charge is -2.35. The van der Waals surface area contributed by atoms with Crippen molar-refractivity contribution in [3.8, 4) is 0 Å². The topological polar surface area (TPSA) is 52.7 Å². The molecule has 7 heteroatoms. The molecule has 1 atom stereocenters. The predicted octanol–water partition coefficient (Wildman–Crippen LogP) is 2.05. The van der Waals surface area contributed by atoms with E-state index in [1.54, 1.807) is 18.2 Å². The normalized spacial score (nSPS) is 21.8. The van der Waals surface area contributed by atoms with Gasteiger partial charge in [0.15, 0.2) is 0 Å². The summed E-state index contributed by atoms with van der Waals surface area (Å²) in [6.07, 6.45) is 1.79. The second kappa shape index (κ2) is 8.67. The number of likely N-dealkylation sites (tertiary alicyclic amines) is 1. The highest BCUT2D eigenvalue weighted by Gasteiger charge is 2.30. The third kappa shape index (κ3) is 4.95. The molecule has 0 bridgehead atoms. The minimum atomic E-state index is -0.439. The second-order valence-electron chi connectivity index (χ2n) is 6.54. The van der Waals surface area contributed by atoms with Crippen molar-refractivity contribution in [1.29, 1.82) is 0 Å². The Balaban J connectivity index is 1.51. The maximum atomic E-state index is 13.6. The number of rotatable bonds is 4. The Morgan fingerprint density at radius 3 is 2.72 bits per heavy atom. The molecule has 1 unspecified atom stereocenters. The first-order valence-corrected chi connectivity index (χ1v) is 9.92. The summed E-state index contributed by atoms with van der Waals surface area (Å²) in [7, 11) is 0. The molecule has 0 aromatic heterocycles.